The van der Waals surface area contributed by atoms with E-state index in [1.54, 1.807) is 24.3 Å². The predicted octanol–water partition coefficient (Wildman–Crippen LogP) is 4.19. The van der Waals surface area contributed by atoms with Gasteiger partial charge in [0.25, 0.3) is 0 Å². The van der Waals surface area contributed by atoms with E-state index >= 15 is 0 Å². The number of allylic oxidation sites excluding steroid dienone is 2. The molecule has 0 unspecified atom stereocenters. The van der Waals surface area contributed by atoms with Gasteiger partial charge in [-0.05, 0) is 48.6 Å². The molecule has 3 aliphatic carbocycles. The van der Waals surface area contributed by atoms with Crippen LogP contribution in [-0.2, 0) is 14.6 Å². The Kier molecular flexibility index (Phi) is 4.14. The Labute approximate surface area is 150 Å². The van der Waals surface area contributed by atoms with Crippen LogP contribution in [0.25, 0.3) is 0 Å². The van der Waals surface area contributed by atoms with Crippen LogP contribution in [-0.4, -0.2) is 19.5 Å². The maximum Gasteiger partial charge on any atom is 0.182 e. The van der Waals surface area contributed by atoms with Crippen molar-refractivity contribution < 1.29 is 13.2 Å². The van der Waals surface area contributed by atoms with Gasteiger partial charge < -0.3 is 0 Å². The molecule has 0 aliphatic heterocycles. The summed E-state index contributed by atoms with van der Waals surface area (Å²) < 4.78 is 26.6. The number of carbonyl (C=O) groups excluding carboxylic acids is 1. The molecular formula is C21H26O3S. The lowest BCUT2D eigenvalue weighted by Gasteiger charge is -2.54. The third-order valence-corrected chi connectivity index (χ3v) is 9.07. The normalized spacial score (nSPS) is 38.0. The van der Waals surface area contributed by atoms with Crippen LogP contribution in [0, 0.1) is 23.2 Å². The summed E-state index contributed by atoms with van der Waals surface area (Å²) in [5.41, 5.74) is -0.314. The summed E-state index contributed by atoms with van der Waals surface area (Å²) in [7, 11) is -3.51. The van der Waals surface area contributed by atoms with Gasteiger partial charge in [0.2, 0.25) is 0 Å². The maximum absolute atomic E-state index is 13.3. The van der Waals surface area contributed by atoms with Gasteiger partial charge in [-0.25, -0.2) is 8.42 Å². The summed E-state index contributed by atoms with van der Waals surface area (Å²) in [5.74, 6) is 0.640. The molecule has 0 saturated heterocycles. The van der Waals surface area contributed by atoms with Crippen molar-refractivity contribution in [1.82, 2.24) is 0 Å². The Morgan fingerprint density at radius 1 is 1.08 bits per heavy atom. The second-order valence-corrected chi connectivity index (χ2v) is 10.4. The van der Waals surface area contributed by atoms with Gasteiger partial charge in [0, 0.05) is 12.3 Å². The molecule has 0 amide bonds. The summed E-state index contributed by atoms with van der Waals surface area (Å²) >= 11 is 0. The number of carbonyl (C=O) groups is 1. The van der Waals surface area contributed by atoms with Crippen LogP contribution in [0.3, 0.4) is 0 Å². The van der Waals surface area contributed by atoms with E-state index < -0.39 is 21.0 Å². The standard InChI is InChI=1S/C21H26O3S/c1-21-13-7-12-19(25(23,24)16-9-3-2-4-10-16)20(21)18(22)14-15-8-5-6-11-17(15)21/h2-4,7,9-10,13,15,17,19-20H,5-6,8,11-12,14H2,1H3/t15-,17+,19+,20-,21-/m1/s1. The van der Waals surface area contributed by atoms with Crippen LogP contribution in [0.4, 0.5) is 0 Å². The average Bonchev–Trinajstić information content (AvgIpc) is 2.62. The van der Waals surface area contributed by atoms with Crippen molar-refractivity contribution in [3.05, 3.63) is 42.5 Å². The lowest BCUT2D eigenvalue weighted by atomic mass is 9.51. The molecule has 2 saturated carbocycles. The molecule has 1 aromatic rings. The molecule has 4 rings (SSSR count). The Bertz CT molecular complexity index is 796. The fourth-order valence-electron chi connectivity index (χ4n) is 5.75. The number of hydrogen-bond donors (Lipinski definition) is 0. The smallest absolute Gasteiger partial charge is 0.182 e. The number of ketones is 1. The fraction of sp³-hybridized carbons (Fsp3) is 0.571. The summed E-state index contributed by atoms with van der Waals surface area (Å²) in [5, 5.41) is -0.625. The first-order valence-electron chi connectivity index (χ1n) is 9.44. The number of benzene rings is 1. The zero-order valence-corrected chi connectivity index (χ0v) is 15.5. The predicted molar refractivity (Wildman–Crippen MR) is 97.8 cm³/mol. The highest BCUT2D eigenvalue weighted by atomic mass is 32.2. The molecule has 0 N–H and O–H groups in total. The van der Waals surface area contributed by atoms with Gasteiger partial charge in [-0.15, -0.1) is 0 Å². The minimum atomic E-state index is -3.51. The largest absolute Gasteiger partial charge is 0.299 e. The molecule has 3 aliphatic rings. The molecule has 0 aromatic heterocycles. The third-order valence-electron chi connectivity index (χ3n) is 6.88. The first kappa shape index (κ1) is 17.0. The number of rotatable bonds is 2. The van der Waals surface area contributed by atoms with Crippen molar-refractivity contribution in [2.75, 3.05) is 0 Å². The van der Waals surface area contributed by atoms with Crippen molar-refractivity contribution in [1.29, 1.82) is 0 Å². The van der Waals surface area contributed by atoms with Gasteiger partial charge in [0.1, 0.15) is 5.78 Å². The number of Topliss-reactive ketones (excluding diaryl/α,β-unsaturated/α-hetero) is 1. The van der Waals surface area contributed by atoms with Gasteiger partial charge in [0.15, 0.2) is 9.84 Å². The lowest BCUT2D eigenvalue weighted by molar-refractivity contribution is -0.136. The second kappa shape index (κ2) is 6.08. The van der Waals surface area contributed by atoms with Crippen molar-refractivity contribution in [3.63, 3.8) is 0 Å². The highest BCUT2D eigenvalue weighted by Crippen LogP contribution is 2.57. The number of sulfone groups is 1. The van der Waals surface area contributed by atoms with Crippen molar-refractivity contribution >= 4 is 15.6 Å². The van der Waals surface area contributed by atoms with Crippen molar-refractivity contribution in [3.8, 4) is 0 Å². The van der Waals surface area contributed by atoms with Crippen molar-refractivity contribution in [2.45, 2.75) is 55.6 Å². The molecule has 0 bridgehead atoms. The summed E-state index contributed by atoms with van der Waals surface area (Å²) in [6.45, 7) is 2.14. The monoisotopic (exact) mass is 358 g/mol. The second-order valence-electron chi connectivity index (χ2n) is 8.20. The highest BCUT2D eigenvalue weighted by Gasteiger charge is 2.57. The van der Waals surface area contributed by atoms with Crippen LogP contribution in [0.2, 0.25) is 0 Å². The molecule has 0 spiro atoms. The summed E-state index contributed by atoms with van der Waals surface area (Å²) in [6, 6.07) is 8.64. The van der Waals surface area contributed by atoms with Gasteiger partial charge in [0.05, 0.1) is 10.1 Å². The lowest BCUT2D eigenvalue weighted by Crippen LogP contribution is -2.55. The SMILES string of the molecule is C[C@]12C=CC[C@H](S(=O)(=O)c3ccccc3)[C@H]1C(=O)C[C@H]1CCCC[C@@H]12. The topological polar surface area (TPSA) is 51.2 Å². The fourth-order valence-corrected chi connectivity index (χ4v) is 7.81. The summed E-state index contributed by atoms with van der Waals surface area (Å²) in [4.78, 5) is 13.4. The highest BCUT2D eigenvalue weighted by molar-refractivity contribution is 7.92. The minimum Gasteiger partial charge on any atom is -0.299 e. The van der Waals surface area contributed by atoms with E-state index in [1.807, 2.05) is 12.1 Å². The van der Waals surface area contributed by atoms with Crippen LogP contribution in [0.15, 0.2) is 47.4 Å². The summed E-state index contributed by atoms with van der Waals surface area (Å²) in [6.07, 6.45) is 9.84. The van der Waals surface area contributed by atoms with E-state index in [0.717, 1.165) is 12.8 Å². The minimum absolute atomic E-state index is 0.166. The van der Waals surface area contributed by atoms with Crippen LogP contribution >= 0.6 is 0 Å². The quantitative estimate of drug-likeness (QED) is 0.745. The molecule has 25 heavy (non-hydrogen) atoms. The van der Waals surface area contributed by atoms with E-state index in [-0.39, 0.29) is 11.2 Å². The molecule has 3 nitrogen and oxygen atoms in total. The molecule has 1 aromatic carbocycles. The van der Waals surface area contributed by atoms with Crippen molar-refractivity contribution in [2.24, 2.45) is 23.2 Å². The maximum atomic E-state index is 13.3. The Hall–Kier alpha value is -1.42. The molecular weight excluding hydrogens is 332 g/mol. The Morgan fingerprint density at radius 3 is 2.56 bits per heavy atom. The molecule has 2 fully saturated rings. The van der Waals surface area contributed by atoms with Crippen LogP contribution in [0.1, 0.15) is 45.4 Å². The molecule has 5 atom stereocenters. The van der Waals surface area contributed by atoms with Gasteiger partial charge in [-0.2, -0.15) is 0 Å². The van der Waals surface area contributed by atoms with Crippen LogP contribution < -0.4 is 0 Å². The average molecular weight is 359 g/mol. The molecule has 0 heterocycles. The molecule has 0 radical (unpaired) electrons. The van der Waals surface area contributed by atoms with E-state index in [9.17, 15) is 13.2 Å². The van der Waals surface area contributed by atoms with E-state index in [1.165, 1.54) is 12.8 Å². The van der Waals surface area contributed by atoms with Crippen LogP contribution in [0.5, 0.6) is 0 Å². The first-order valence-corrected chi connectivity index (χ1v) is 11.0. The van der Waals surface area contributed by atoms with E-state index in [4.69, 9.17) is 0 Å². The van der Waals surface area contributed by atoms with Gasteiger partial charge in [-0.3, -0.25) is 4.79 Å². The number of hydrogen-bond acceptors (Lipinski definition) is 3. The third kappa shape index (κ3) is 2.61. The zero-order chi connectivity index (χ0) is 17.7. The Morgan fingerprint density at radius 2 is 1.80 bits per heavy atom. The first-order chi connectivity index (χ1) is 11.9. The Balaban J connectivity index is 1.77. The number of fused-ring (bicyclic) bond motifs is 3. The molecule has 4 heteroatoms. The van der Waals surface area contributed by atoms with E-state index in [2.05, 4.69) is 13.0 Å². The van der Waals surface area contributed by atoms with E-state index in [0.29, 0.717) is 29.6 Å². The molecule has 134 valence electrons. The zero-order valence-electron chi connectivity index (χ0n) is 14.7. The van der Waals surface area contributed by atoms with Gasteiger partial charge >= 0.3 is 0 Å². The van der Waals surface area contributed by atoms with Gasteiger partial charge in [-0.1, -0.05) is 50.1 Å².